The molecule has 30 heavy (non-hydrogen) atoms. The molecule has 0 saturated carbocycles. The maximum absolute atomic E-state index is 6.25. The van der Waals surface area contributed by atoms with Gasteiger partial charge in [-0.15, -0.1) is 0 Å². The predicted molar refractivity (Wildman–Crippen MR) is 122 cm³/mol. The van der Waals surface area contributed by atoms with Gasteiger partial charge in [0.05, 0.1) is 27.8 Å². The van der Waals surface area contributed by atoms with Gasteiger partial charge in [-0.05, 0) is 57.4 Å². The molecule has 1 fully saturated rings. The molecule has 0 amide bonds. The monoisotopic (exact) mass is 401 g/mol. The first kappa shape index (κ1) is 19.5. The summed E-state index contributed by atoms with van der Waals surface area (Å²) < 4.78 is 14.7. The van der Waals surface area contributed by atoms with Crippen molar-refractivity contribution in [3.8, 4) is 0 Å². The van der Waals surface area contributed by atoms with Crippen LogP contribution in [0.2, 0.25) is 0 Å². The third-order valence-corrected chi connectivity index (χ3v) is 6.46. The molecule has 0 spiro atoms. The summed E-state index contributed by atoms with van der Waals surface area (Å²) in [5.41, 5.74) is 4.00. The van der Waals surface area contributed by atoms with Crippen LogP contribution in [-0.4, -0.2) is 32.7 Å². The van der Waals surface area contributed by atoms with Gasteiger partial charge in [0, 0.05) is 10.8 Å². The van der Waals surface area contributed by atoms with Gasteiger partial charge in [0.15, 0.2) is 0 Å². The Labute approximate surface area is 177 Å². The SMILES string of the molecule is CC(C)(C)c1nc2ccccc2c2nc3cc(B4OC(C)(C)C(C)(C)O4)ccc3n12. The lowest BCUT2D eigenvalue weighted by Crippen LogP contribution is -2.41. The van der Waals surface area contributed by atoms with E-state index in [1.165, 1.54) is 0 Å². The molecule has 0 bridgehead atoms. The Morgan fingerprint density at radius 1 is 0.867 bits per heavy atom. The summed E-state index contributed by atoms with van der Waals surface area (Å²) in [5.74, 6) is 1.00. The molecule has 0 aliphatic carbocycles. The number of benzene rings is 2. The third kappa shape index (κ3) is 2.77. The first-order valence-corrected chi connectivity index (χ1v) is 10.5. The van der Waals surface area contributed by atoms with Crippen LogP contribution in [0.3, 0.4) is 0 Å². The molecule has 0 atom stereocenters. The topological polar surface area (TPSA) is 48.7 Å². The van der Waals surface area contributed by atoms with Crippen molar-refractivity contribution in [2.24, 2.45) is 0 Å². The van der Waals surface area contributed by atoms with Crippen LogP contribution < -0.4 is 5.46 Å². The summed E-state index contributed by atoms with van der Waals surface area (Å²) in [7, 11) is -0.402. The van der Waals surface area contributed by atoms with Gasteiger partial charge in [-0.1, -0.05) is 39.0 Å². The van der Waals surface area contributed by atoms with Crippen molar-refractivity contribution in [3.63, 3.8) is 0 Å². The molecule has 1 saturated heterocycles. The van der Waals surface area contributed by atoms with Gasteiger partial charge in [0.25, 0.3) is 0 Å². The van der Waals surface area contributed by atoms with Crippen LogP contribution in [0.4, 0.5) is 0 Å². The molecule has 0 radical (unpaired) electrons. The van der Waals surface area contributed by atoms with Crippen LogP contribution in [0, 0.1) is 0 Å². The lowest BCUT2D eigenvalue weighted by Gasteiger charge is -2.32. The average molecular weight is 401 g/mol. The van der Waals surface area contributed by atoms with Gasteiger partial charge >= 0.3 is 7.12 Å². The second-order valence-electron chi connectivity index (χ2n) is 10.3. The van der Waals surface area contributed by atoms with E-state index in [1.807, 2.05) is 12.1 Å². The van der Waals surface area contributed by atoms with E-state index in [-0.39, 0.29) is 16.6 Å². The van der Waals surface area contributed by atoms with E-state index in [0.29, 0.717) is 0 Å². The van der Waals surface area contributed by atoms with E-state index in [4.69, 9.17) is 19.3 Å². The summed E-state index contributed by atoms with van der Waals surface area (Å²) in [4.78, 5) is 10.0. The van der Waals surface area contributed by atoms with E-state index < -0.39 is 7.12 Å². The molecule has 2 aromatic heterocycles. The summed E-state index contributed by atoms with van der Waals surface area (Å²) in [6.07, 6.45) is 0. The number of rotatable bonds is 1. The van der Waals surface area contributed by atoms with Crippen LogP contribution in [0.1, 0.15) is 54.3 Å². The summed E-state index contributed by atoms with van der Waals surface area (Å²) in [5, 5.41) is 1.05. The Kier molecular flexibility index (Phi) is 3.94. The van der Waals surface area contributed by atoms with Crippen molar-refractivity contribution >= 4 is 40.2 Å². The summed E-state index contributed by atoms with van der Waals surface area (Å²) >= 11 is 0. The van der Waals surface area contributed by atoms with E-state index in [2.05, 4.69) is 83.2 Å². The molecular formula is C24H28BN3O2. The highest BCUT2D eigenvalue weighted by molar-refractivity contribution is 6.62. The van der Waals surface area contributed by atoms with Gasteiger partial charge < -0.3 is 9.31 Å². The van der Waals surface area contributed by atoms with Gasteiger partial charge in [0.2, 0.25) is 0 Å². The fourth-order valence-corrected chi connectivity index (χ4v) is 4.05. The molecule has 5 nitrogen and oxygen atoms in total. The Morgan fingerprint density at radius 2 is 1.53 bits per heavy atom. The number of fused-ring (bicyclic) bond motifs is 5. The van der Waals surface area contributed by atoms with E-state index in [0.717, 1.165) is 38.9 Å². The van der Waals surface area contributed by atoms with Crippen LogP contribution in [0.25, 0.3) is 27.6 Å². The summed E-state index contributed by atoms with van der Waals surface area (Å²) in [6.45, 7) is 14.9. The highest BCUT2D eigenvalue weighted by Crippen LogP contribution is 2.37. The maximum Gasteiger partial charge on any atom is 0.494 e. The zero-order valence-electron chi connectivity index (χ0n) is 18.8. The van der Waals surface area contributed by atoms with E-state index in [1.54, 1.807) is 0 Å². The van der Waals surface area contributed by atoms with Crippen molar-refractivity contribution in [1.82, 2.24) is 14.4 Å². The van der Waals surface area contributed by atoms with Crippen molar-refractivity contribution in [2.75, 3.05) is 0 Å². The summed E-state index contributed by atoms with van der Waals surface area (Å²) in [6, 6.07) is 14.5. The molecule has 1 aliphatic rings. The van der Waals surface area contributed by atoms with Gasteiger partial charge in [-0.2, -0.15) is 0 Å². The van der Waals surface area contributed by atoms with Crippen molar-refractivity contribution in [2.45, 2.75) is 65.1 Å². The Balaban J connectivity index is 1.75. The van der Waals surface area contributed by atoms with Crippen molar-refractivity contribution in [1.29, 1.82) is 0 Å². The standard InChI is InChI=1S/C24H28BN3O2/c1-22(2,3)21-27-17-11-9-8-10-16(17)20-26-18-14-15(12-13-19(18)28(20)21)25-29-23(4,5)24(6,7)30-25/h8-14H,1-7H3. The molecule has 0 N–H and O–H groups in total. The molecule has 1 aliphatic heterocycles. The zero-order chi connectivity index (χ0) is 21.5. The zero-order valence-corrected chi connectivity index (χ0v) is 18.8. The fourth-order valence-electron chi connectivity index (χ4n) is 4.05. The van der Waals surface area contributed by atoms with Crippen molar-refractivity contribution in [3.05, 3.63) is 48.3 Å². The number of imidazole rings is 1. The second-order valence-corrected chi connectivity index (χ2v) is 10.3. The van der Waals surface area contributed by atoms with Crippen LogP contribution >= 0.6 is 0 Å². The number of aromatic nitrogens is 3. The predicted octanol–water partition coefficient (Wildman–Crippen LogP) is 4.63. The molecule has 3 heterocycles. The first-order valence-electron chi connectivity index (χ1n) is 10.5. The second kappa shape index (κ2) is 6.05. The number of hydrogen-bond acceptors (Lipinski definition) is 4. The minimum Gasteiger partial charge on any atom is -0.399 e. The molecule has 5 rings (SSSR count). The van der Waals surface area contributed by atoms with Gasteiger partial charge in [-0.25, -0.2) is 9.97 Å². The van der Waals surface area contributed by atoms with Gasteiger partial charge in [0.1, 0.15) is 11.5 Å². The maximum atomic E-state index is 6.25. The van der Waals surface area contributed by atoms with Crippen molar-refractivity contribution < 1.29 is 9.31 Å². The quantitative estimate of drug-likeness (QED) is 0.437. The first-order chi connectivity index (χ1) is 14.0. The Hall–Kier alpha value is -2.44. The normalized spacial score (nSPS) is 18.7. The Morgan fingerprint density at radius 3 is 2.20 bits per heavy atom. The molecule has 154 valence electrons. The van der Waals surface area contributed by atoms with Crippen LogP contribution in [0.15, 0.2) is 42.5 Å². The number of nitrogens with zero attached hydrogens (tertiary/aromatic N) is 3. The largest absolute Gasteiger partial charge is 0.494 e. The number of para-hydroxylation sites is 1. The van der Waals surface area contributed by atoms with Crippen LogP contribution in [-0.2, 0) is 14.7 Å². The van der Waals surface area contributed by atoms with Crippen LogP contribution in [0.5, 0.6) is 0 Å². The lowest BCUT2D eigenvalue weighted by atomic mass is 9.79. The molecule has 2 aromatic carbocycles. The highest BCUT2D eigenvalue weighted by atomic mass is 16.7. The Bertz CT molecular complexity index is 1280. The average Bonchev–Trinajstić information content (AvgIpc) is 3.14. The number of hydrogen-bond donors (Lipinski definition) is 0. The molecule has 6 heteroatoms. The molecular weight excluding hydrogens is 373 g/mol. The highest BCUT2D eigenvalue weighted by Gasteiger charge is 2.51. The smallest absolute Gasteiger partial charge is 0.399 e. The fraction of sp³-hybridized carbons (Fsp3) is 0.417. The van der Waals surface area contributed by atoms with E-state index >= 15 is 0 Å². The third-order valence-electron chi connectivity index (χ3n) is 6.46. The minimum atomic E-state index is -0.402. The van der Waals surface area contributed by atoms with E-state index in [9.17, 15) is 0 Å². The molecule has 4 aromatic rings. The van der Waals surface area contributed by atoms with Gasteiger partial charge in [-0.3, -0.25) is 4.40 Å². The lowest BCUT2D eigenvalue weighted by molar-refractivity contribution is 0.00578. The molecule has 0 unspecified atom stereocenters. The minimum absolute atomic E-state index is 0.125.